The summed E-state index contributed by atoms with van der Waals surface area (Å²) in [4.78, 5) is 17.6. The Morgan fingerprint density at radius 2 is 1.56 bits per heavy atom. The summed E-state index contributed by atoms with van der Waals surface area (Å²) in [5, 5.41) is 6.71. The minimum atomic E-state index is -0.814. The summed E-state index contributed by atoms with van der Waals surface area (Å²) in [5.74, 6) is 2.15. The maximum atomic E-state index is 12.1. The molecule has 0 aliphatic rings. The van der Waals surface area contributed by atoms with Crippen LogP contribution in [0.5, 0.6) is 28.7 Å². The maximum absolute atomic E-state index is 12.1. The third kappa shape index (κ3) is 7.53. The number of carbonyl (C=O) groups is 1. The van der Waals surface area contributed by atoms with Gasteiger partial charge in [0.15, 0.2) is 23.0 Å². The number of rotatable bonds is 9. The van der Waals surface area contributed by atoms with Crippen molar-refractivity contribution in [1.82, 2.24) is 4.68 Å². The van der Waals surface area contributed by atoms with Crippen molar-refractivity contribution < 1.29 is 33.2 Å². The number of ether oxygens (including phenoxy) is 6. The fraction of sp³-hybridized carbons (Fsp3) is 0.393. The van der Waals surface area contributed by atoms with Crippen LogP contribution < -0.4 is 28.5 Å². The summed E-state index contributed by atoms with van der Waals surface area (Å²) in [7, 11) is 6.20. The molecule has 3 rings (SSSR count). The van der Waals surface area contributed by atoms with E-state index in [2.05, 4.69) is 0 Å². The molecule has 0 atom stereocenters. The SMILES string of the molecule is COc1cc(C=Nn2c(-c3cc(OC)c(OC)c(OC)c3)csc2=NC(C)C)ccc1OC(=O)OC(C)(C)C. The van der Waals surface area contributed by atoms with Crippen LogP contribution in [0.2, 0.25) is 0 Å². The van der Waals surface area contributed by atoms with Gasteiger partial charge >= 0.3 is 6.16 Å². The van der Waals surface area contributed by atoms with E-state index in [0.29, 0.717) is 33.4 Å². The summed E-state index contributed by atoms with van der Waals surface area (Å²) in [6, 6.07) is 8.89. The Morgan fingerprint density at radius 1 is 0.923 bits per heavy atom. The molecule has 10 nitrogen and oxygen atoms in total. The Hall–Kier alpha value is -3.99. The van der Waals surface area contributed by atoms with E-state index in [4.69, 9.17) is 38.5 Å². The lowest BCUT2D eigenvalue weighted by atomic mass is 10.1. The van der Waals surface area contributed by atoms with Gasteiger partial charge in [-0.3, -0.25) is 4.99 Å². The maximum Gasteiger partial charge on any atom is 0.514 e. The van der Waals surface area contributed by atoms with Gasteiger partial charge in [-0.2, -0.15) is 5.10 Å². The Balaban J connectivity index is 2.04. The lowest BCUT2D eigenvalue weighted by Crippen LogP contribution is -2.26. The average Bonchev–Trinajstić information content (AvgIpc) is 3.27. The lowest BCUT2D eigenvalue weighted by Gasteiger charge is -2.19. The van der Waals surface area contributed by atoms with Crippen LogP contribution in [0.15, 0.2) is 45.8 Å². The number of nitrogens with zero attached hydrogens (tertiary/aromatic N) is 3. The van der Waals surface area contributed by atoms with E-state index in [-0.39, 0.29) is 11.8 Å². The van der Waals surface area contributed by atoms with Gasteiger partial charge in [-0.25, -0.2) is 9.47 Å². The number of hydrogen-bond donors (Lipinski definition) is 0. The molecule has 0 fully saturated rings. The van der Waals surface area contributed by atoms with Gasteiger partial charge in [0.1, 0.15) is 5.60 Å². The zero-order chi connectivity index (χ0) is 28.7. The van der Waals surface area contributed by atoms with Crippen molar-refractivity contribution in [2.45, 2.75) is 46.3 Å². The van der Waals surface area contributed by atoms with Crippen molar-refractivity contribution in [3.05, 3.63) is 46.1 Å². The van der Waals surface area contributed by atoms with Gasteiger partial charge in [0, 0.05) is 17.0 Å². The number of hydrogen-bond acceptors (Lipinski definition) is 10. The summed E-state index contributed by atoms with van der Waals surface area (Å²) in [5.41, 5.74) is 1.63. The summed E-state index contributed by atoms with van der Waals surface area (Å²) >= 11 is 1.47. The van der Waals surface area contributed by atoms with Crippen LogP contribution in [0.3, 0.4) is 0 Å². The minimum absolute atomic E-state index is 0.0577. The molecule has 39 heavy (non-hydrogen) atoms. The molecule has 3 aromatic rings. The third-order valence-electron chi connectivity index (χ3n) is 5.11. The molecule has 0 aliphatic heterocycles. The molecule has 0 radical (unpaired) electrons. The fourth-order valence-electron chi connectivity index (χ4n) is 3.48. The molecule has 0 bridgehead atoms. The van der Waals surface area contributed by atoms with Crippen LogP contribution in [0.25, 0.3) is 11.3 Å². The second-order valence-corrected chi connectivity index (χ2v) is 10.4. The van der Waals surface area contributed by atoms with Crippen molar-refractivity contribution in [1.29, 1.82) is 0 Å². The molecular formula is C28H35N3O7S. The number of thiazole rings is 1. The summed E-state index contributed by atoms with van der Waals surface area (Å²) < 4.78 is 34.3. The molecule has 210 valence electrons. The Bertz CT molecular complexity index is 1380. The Labute approximate surface area is 232 Å². The first-order valence-corrected chi connectivity index (χ1v) is 13.1. The molecule has 0 unspecified atom stereocenters. The van der Waals surface area contributed by atoms with E-state index < -0.39 is 11.8 Å². The van der Waals surface area contributed by atoms with Crippen LogP contribution in [0, 0.1) is 0 Å². The van der Waals surface area contributed by atoms with Crippen LogP contribution in [-0.4, -0.2) is 57.1 Å². The molecule has 0 spiro atoms. The second kappa shape index (κ2) is 12.7. The van der Waals surface area contributed by atoms with Crippen molar-refractivity contribution in [3.8, 4) is 40.0 Å². The van der Waals surface area contributed by atoms with Crippen molar-refractivity contribution >= 4 is 23.7 Å². The molecule has 0 N–H and O–H groups in total. The van der Waals surface area contributed by atoms with E-state index in [9.17, 15) is 4.79 Å². The zero-order valence-electron chi connectivity index (χ0n) is 23.7. The van der Waals surface area contributed by atoms with Gasteiger partial charge in [0.05, 0.1) is 40.3 Å². The third-order valence-corrected chi connectivity index (χ3v) is 5.94. The minimum Gasteiger partial charge on any atom is -0.493 e. The highest BCUT2D eigenvalue weighted by molar-refractivity contribution is 7.07. The quantitative estimate of drug-likeness (QED) is 0.187. The van der Waals surface area contributed by atoms with E-state index in [1.54, 1.807) is 71.2 Å². The standard InChI is InChI=1S/C28H35N3O7S/c1-17(2)30-26-31(20(16-39-26)19-13-23(34-7)25(36-9)24(14-19)35-8)29-15-18-10-11-21(22(12-18)33-6)37-27(32)38-28(3,4)5/h10-17H,1-9H3. The number of methoxy groups -OCH3 is 4. The van der Waals surface area contributed by atoms with E-state index in [0.717, 1.165) is 11.3 Å². The predicted molar refractivity (Wildman–Crippen MR) is 151 cm³/mol. The molecule has 1 heterocycles. The molecule has 0 amide bonds. The smallest absolute Gasteiger partial charge is 0.493 e. The Kier molecular flexibility index (Phi) is 9.63. The van der Waals surface area contributed by atoms with Gasteiger partial charge in [0.25, 0.3) is 0 Å². The van der Waals surface area contributed by atoms with Gasteiger partial charge in [0.2, 0.25) is 10.6 Å². The van der Waals surface area contributed by atoms with Gasteiger partial charge in [-0.15, -0.1) is 11.3 Å². The lowest BCUT2D eigenvalue weighted by molar-refractivity contribution is 0.0201. The normalized spacial score (nSPS) is 12.1. The first kappa shape index (κ1) is 29.6. The monoisotopic (exact) mass is 557 g/mol. The van der Waals surface area contributed by atoms with E-state index in [1.165, 1.54) is 18.4 Å². The van der Waals surface area contributed by atoms with Crippen molar-refractivity contribution in [2.24, 2.45) is 10.1 Å². The van der Waals surface area contributed by atoms with Gasteiger partial charge < -0.3 is 28.4 Å². The predicted octanol–water partition coefficient (Wildman–Crippen LogP) is 5.76. The first-order chi connectivity index (χ1) is 18.5. The number of benzene rings is 2. The van der Waals surface area contributed by atoms with Crippen molar-refractivity contribution in [3.63, 3.8) is 0 Å². The molecule has 0 saturated heterocycles. The van der Waals surface area contributed by atoms with E-state index in [1.807, 2.05) is 31.4 Å². The molecule has 0 saturated carbocycles. The van der Waals surface area contributed by atoms with Gasteiger partial charge in [-0.05, 0) is 70.5 Å². The molecule has 0 aliphatic carbocycles. The average molecular weight is 558 g/mol. The van der Waals surface area contributed by atoms with Gasteiger partial charge in [-0.1, -0.05) is 0 Å². The fourth-order valence-corrected chi connectivity index (χ4v) is 4.45. The number of aromatic nitrogens is 1. The van der Waals surface area contributed by atoms with Crippen LogP contribution in [0.4, 0.5) is 4.79 Å². The highest BCUT2D eigenvalue weighted by Crippen LogP contribution is 2.41. The van der Waals surface area contributed by atoms with Crippen LogP contribution >= 0.6 is 11.3 Å². The highest BCUT2D eigenvalue weighted by atomic mass is 32.1. The highest BCUT2D eigenvalue weighted by Gasteiger charge is 2.20. The van der Waals surface area contributed by atoms with Crippen LogP contribution in [-0.2, 0) is 4.74 Å². The molecule has 1 aromatic heterocycles. The van der Waals surface area contributed by atoms with E-state index >= 15 is 0 Å². The van der Waals surface area contributed by atoms with Crippen LogP contribution in [0.1, 0.15) is 40.2 Å². The molecule has 2 aromatic carbocycles. The number of carbonyl (C=O) groups excluding carboxylic acids is 1. The summed E-state index contributed by atoms with van der Waals surface area (Å²) in [6.45, 7) is 9.29. The molecular weight excluding hydrogens is 522 g/mol. The largest absolute Gasteiger partial charge is 0.514 e. The Morgan fingerprint density at radius 3 is 2.10 bits per heavy atom. The zero-order valence-corrected chi connectivity index (χ0v) is 24.5. The molecule has 11 heteroatoms. The first-order valence-electron chi connectivity index (χ1n) is 12.2. The summed E-state index contributed by atoms with van der Waals surface area (Å²) in [6.07, 6.45) is 0.860. The second-order valence-electron chi connectivity index (χ2n) is 9.57. The topological polar surface area (TPSA) is 102 Å². The van der Waals surface area contributed by atoms with Crippen molar-refractivity contribution in [2.75, 3.05) is 28.4 Å².